The van der Waals surface area contributed by atoms with E-state index in [1.807, 2.05) is 13.8 Å². The summed E-state index contributed by atoms with van der Waals surface area (Å²) in [5.74, 6) is 0.913. The molecule has 0 spiro atoms. The van der Waals surface area contributed by atoms with E-state index in [1.165, 1.54) is 0 Å². The first-order valence-electron chi connectivity index (χ1n) is 7.02. The average molecular weight is 261 g/mol. The summed E-state index contributed by atoms with van der Waals surface area (Å²) < 4.78 is 0. The van der Waals surface area contributed by atoms with Gasteiger partial charge in [0.05, 0.1) is 17.6 Å². The molecule has 0 aromatic heterocycles. The molecule has 0 bridgehead atoms. The van der Waals surface area contributed by atoms with Crippen LogP contribution in [-0.4, -0.2) is 11.8 Å². The van der Waals surface area contributed by atoms with Gasteiger partial charge in [-0.25, -0.2) is 0 Å². The van der Waals surface area contributed by atoms with Crippen molar-refractivity contribution < 1.29 is 0 Å². The van der Waals surface area contributed by atoms with Gasteiger partial charge in [-0.05, 0) is 38.5 Å². The minimum atomic E-state index is -0.664. The molecule has 3 nitrogen and oxygen atoms in total. The molecule has 106 valence electrons. The third kappa shape index (κ3) is 6.97. The van der Waals surface area contributed by atoms with Crippen molar-refractivity contribution in [3.63, 3.8) is 0 Å². The molecular weight excluding hydrogens is 234 g/mol. The minimum absolute atomic E-state index is 0.383. The molecule has 2 atom stereocenters. The van der Waals surface area contributed by atoms with Crippen LogP contribution in [0.15, 0.2) is 4.99 Å². The second kappa shape index (κ2) is 7.29. The summed E-state index contributed by atoms with van der Waals surface area (Å²) in [6, 6.07) is 4.65. The van der Waals surface area contributed by atoms with Gasteiger partial charge in [-0.15, -0.1) is 0 Å². The van der Waals surface area contributed by atoms with E-state index in [4.69, 9.17) is 0 Å². The Morgan fingerprint density at radius 3 is 1.89 bits per heavy atom. The lowest BCUT2D eigenvalue weighted by atomic mass is 9.81. The normalized spacial score (nSPS) is 18.0. The zero-order chi connectivity index (χ0) is 15.1. The van der Waals surface area contributed by atoms with Crippen LogP contribution in [0.25, 0.3) is 0 Å². The molecule has 2 unspecified atom stereocenters. The highest BCUT2D eigenvalue weighted by molar-refractivity contribution is 5.60. The van der Waals surface area contributed by atoms with Crippen LogP contribution in [0.4, 0.5) is 0 Å². The highest BCUT2D eigenvalue weighted by Crippen LogP contribution is 2.29. The van der Waals surface area contributed by atoms with Gasteiger partial charge in [0.1, 0.15) is 5.54 Å². The fourth-order valence-electron chi connectivity index (χ4n) is 2.45. The Kier molecular flexibility index (Phi) is 6.77. The molecule has 0 saturated carbocycles. The second-order valence-corrected chi connectivity index (χ2v) is 6.77. The van der Waals surface area contributed by atoms with Crippen molar-refractivity contribution in [2.45, 2.75) is 66.3 Å². The van der Waals surface area contributed by atoms with Gasteiger partial charge in [0, 0.05) is 12.6 Å². The maximum absolute atomic E-state index is 9.29. The summed E-state index contributed by atoms with van der Waals surface area (Å²) in [7, 11) is 0. The Morgan fingerprint density at radius 2 is 1.53 bits per heavy atom. The van der Waals surface area contributed by atoms with Crippen LogP contribution in [0.2, 0.25) is 0 Å². The predicted octanol–water partition coefficient (Wildman–Crippen LogP) is 4.35. The Balaban J connectivity index is 4.72. The highest BCUT2D eigenvalue weighted by Gasteiger charge is 2.26. The number of nitrogens with zero attached hydrogens (tertiary/aromatic N) is 3. The van der Waals surface area contributed by atoms with E-state index in [1.54, 1.807) is 6.21 Å². The number of nitriles is 2. The zero-order valence-corrected chi connectivity index (χ0v) is 13.2. The van der Waals surface area contributed by atoms with Gasteiger partial charge in [0.25, 0.3) is 0 Å². The lowest BCUT2D eigenvalue weighted by Crippen LogP contribution is -2.23. The predicted molar refractivity (Wildman–Crippen MR) is 79.8 cm³/mol. The highest BCUT2D eigenvalue weighted by atomic mass is 14.8. The van der Waals surface area contributed by atoms with Crippen LogP contribution >= 0.6 is 0 Å². The first-order chi connectivity index (χ1) is 8.66. The molecule has 0 N–H and O–H groups in total. The lowest BCUT2D eigenvalue weighted by molar-refractivity contribution is 0.356. The van der Waals surface area contributed by atoms with E-state index in [2.05, 4.69) is 44.8 Å². The molecule has 0 radical (unpaired) electrons. The number of hydrogen-bond donors (Lipinski definition) is 0. The second-order valence-electron chi connectivity index (χ2n) is 6.77. The summed E-state index contributed by atoms with van der Waals surface area (Å²) in [6.45, 7) is 12.2. The smallest absolute Gasteiger partial charge is 0.143 e. The van der Waals surface area contributed by atoms with Crippen LogP contribution in [0.5, 0.6) is 0 Å². The molecule has 0 aromatic carbocycles. The van der Waals surface area contributed by atoms with Crippen LogP contribution in [0.3, 0.4) is 0 Å². The van der Waals surface area contributed by atoms with Crippen LogP contribution in [-0.2, 0) is 0 Å². The van der Waals surface area contributed by atoms with Gasteiger partial charge in [-0.1, -0.05) is 27.7 Å². The van der Waals surface area contributed by atoms with Gasteiger partial charge in [-0.3, -0.25) is 4.99 Å². The van der Waals surface area contributed by atoms with E-state index < -0.39 is 5.54 Å². The van der Waals surface area contributed by atoms with E-state index >= 15 is 0 Å². The maximum atomic E-state index is 9.29. The number of rotatable bonds is 7. The molecule has 0 amide bonds. The van der Waals surface area contributed by atoms with Gasteiger partial charge in [0.2, 0.25) is 0 Å². The van der Waals surface area contributed by atoms with Crippen LogP contribution < -0.4 is 0 Å². The minimum Gasteiger partial charge on any atom is -0.276 e. The lowest BCUT2D eigenvalue weighted by Gasteiger charge is -2.23. The summed E-state index contributed by atoms with van der Waals surface area (Å²) in [5, 5.41) is 18.5. The average Bonchev–Trinajstić information content (AvgIpc) is 2.27. The van der Waals surface area contributed by atoms with Crippen molar-refractivity contribution in [1.82, 2.24) is 0 Å². The molecule has 0 heterocycles. The quantitative estimate of drug-likeness (QED) is 0.639. The molecule has 0 aliphatic carbocycles. The van der Waals surface area contributed by atoms with E-state index in [9.17, 15) is 10.5 Å². The van der Waals surface area contributed by atoms with Crippen LogP contribution in [0.1, 0.15) is 60.8 Å². The maximum Gasteiger partial charge on any atom is 0.143 e. The SMILES string of the molecule is CC(C)CC(C)(C#N)C/C=N/C(C)(C#N)CC(C)C. The van der Waals surface area contributed by atoms with Crippen molar-refractivity contribution in [2.24, 2.45) is 22.2 Å². The van der Waals surface area contributed by atoms with Crippen molar-refractivity contribution >= 4 is 6.21 Å². The van der Waals surface area contributed by atoms with E-state index in [0.717, 1.165) is 12.8 Å². The monoisotopic (exact) mass is 261 g/mol. The standard InChI is InChI=1S/C16H27N3/c1-13(2)9-15(5,11-17)7-8-19-16(6,12-18)10-14(3)4/h8,13-14H,7,9-10H2,1-6H3/b19-8+. The first-order valence-corrected chi connectivity index (χ1v) is 7.02. The van der Waals surface area contributed by atoms with E-state index in [-0.39, 0.29) is 5.41 Å². The third-order valence-electron chi connectivity index (χ3n) is 3.09. The first kappa shape index (κ1) is 17.6. The molecule has 0 fully saturated rings. The van der Waals surface area contributed by atoms with Gasteiger partial charge >= 0.3 is 0 Å². The zero-order valence-electron chi connectivity index (χ0n) is 13.2. The van der Waals surface area contributed by atoms with Crippen molar-refractivity contribution in [2.75, 3.05) is 0 Å². The fraction of sp³-hybridized carbons (Fsp3) is 0.812. The summed E-state index contributed by atoms with van der Waals surface area (Å²) in [4.78, 5) is 4.42. The summed E-state index contributed by atoms with van der Waals surface area (Å²) in [6.07, 6.45) is 3.98. The van der Waals surface area contributed by atoms with Crippen molar-refractivity contribution in [3.8, 4) is 12.1 Å². The number of aliphatic imine (C=N–C) groups is 1. The molecule has 0 aliphatic heterocycles. The topological polar surface area (TPSA) is 59.9 Å². The largest absolute Gasteiger partial charge is 0.276 e. The molecule has 0 rings (SSSR count). The number of hydrogen-bond acceptors (Lipinski definition) is 3. The Hall–Kier alpha value is -1.35. The molecule has 19 heavy (non-hydrogen) atoms. The van der Waals surface area contributed by atoms with E-state index in [0.29, 0.717) is 18.3 Å². The van der Waals surface area contributed by atoms with Crippen LogP contribution in [0, 0.1) is 39.9 Å². The molecule has 0 aromatic rings. The fourth-order valence-corrected chi connectivity index (χ4v) is 2.45. The van der Waals surface area contributed by atoms with Crippen molar-refractivity contribution in [3.05, 3.63) is 0 Å². The van der Waals surface area contributed by atoms with Gasteiger partial charge in [0.15, 0.2) is 0 Å². The summed E-state index contributed by atoms with van der Waals surface area (Å²) >= 11 is 0. The molecule has 3 heteroatoms. The summed E-state index contributed by atoms with van der Waals surface area (Å²) in [5.41, 5.74) is -1.05. The third-order valence-corrected chi connectivity index (χ3v) is 3.09. The molecule has 0 aliphatic rings. The Bertz CT molecular complexity index is 384. The Labute approximate surface area is 118 Å². The van der Waals surface area contributed by atoms with Crippen molar-refractivity contribution in [1.29, 1.82) is 10.5 Å². The molecule has 0 saturated heterocycles. The van der Waals surface area contributed by atoms with Gasteiger partial charge < -0.3 is 0 Å². The van der Waals surface area contributed by atoms with Gasteiger partial charge in [-0.2, -0.15) is 10.5 Å². The molecular formula is C16H27N3. The Morgan fingerprint density at radius 1 is 1.00 bits per heavy atom.